The van der Waals surface area contributed by atoms with E-state index < -0.39 is 9.84 Å². The second kappa shape index (κ2) is 5.98. The van der Waals surface area contributed by atoms with E-state index in [-0.39, 0.29) is 5.75 Å². The predicted molar refractivity (Wildman–Crippen MR) is 83.5 cm³/mol. The molecule has 1 aliphatic rings. The van der Waals surface area contributed by atoms with Crippen LogP contribution in [0.4, 0.5) is 11.6 Å². The number of nitrogens with one attached hydrogen (secondary N) is 2. The number of hydrogen-bond acceptors (Lipinski definition) is 7. The maximum atomic E-state index is 11.3. The highest BCUT2D eigenvalue weighted by Crippen LogP contribution is 2.17. The van der Waals surface area contributed by atoms with E-state index >= 15 is 0 Å². The third-order valence-electron chi connectivity index (χ3n) is 3.30. The SMILES string of the molecule is CS(=O)(=O)Cc1cc(Nc2ncc3c(n2)CNCC3)ccn1. The first-order valence-electron chi connectivity index (χ1n) is 6.95. The minimum absolute atomic E-state index is 0.0858. The van der Waals surface area contributed by atoms with Crippen molar-refractivity contribution in [3.8, 4) is 0 Å². The molecule has 0 aliphatic carbocycles. The standard InChI is InChI=1S/C14H17N5O2S/c1-22(20,21)9-12-6-11(3-5-16-12)18-14-17-7-10-2-4-15-8-13(10)19-14/h3,5-7,15H,2,4,8-9H2,1H3,(H,16,17,18,19). The van der Waals surface area contributed by atoms with E-state index in [1.807, 2.05) is 6.20 Å². The molecule has 3 heterocycles. The fourth-order valence-electron chi connectivity index (χ4n) is 2.33. The van der Waals surface area contributed by atoms with E-state index in [4.69, 9.17) is 0 Å². The zero-order chi connectivity index (χ0) is 15.6. The van der Waals surface area contributed by atoms with E-state index in [0.29, 0.717) is 11.6 Å². The predicted octanol–water partition coefficient (Wildman–Crippen LogP) is 0.805. The van der Waals surface area contributed by atoms with Crippen LogP contribution in [0.2, 0.25) is 0 Å². The van der Waals surface area contributed by atoms with Crippen molar-refractivity contribution in [2.75, 3.05) is 18.1 Å². The van der Waals surface area contributed by atoms with Gasteiger partial charge in [0.2, 0.25) is 5.95 Å². The lowest BCUT2D eigenvalue weighted by Gasteiger charge is -2.16. The van der Waals surface area contributed by atoms with Gasteiger partial charge < -0.3 is 10.6 Å². The Kier molecular flexibility index (Phi) is 4.04. The maximum Gasteiger partial charge on any atom is 0.227 e. The van der Waals surface area contributed by atoms with Crippen LogP contribution in [0.3, 0.4) is 0 Å². The summed E-state index contributed by atoms with van der Waals surface area (Å²) in [5, 5.41) is 6.37. The lowest BCUT2D eigenvalue weighted by atomic mass is 10.1. The number of anilines is 2. The third-order valence-corrected chi connectivity index (χ3v) is 4.12. The number of pyridine rings is 1. The lowest BCUT2D eigenvalue weighted by molar-refractivity contribution is 0.600. The van der Waals surface area contributed by atoms with Gasteiger partial charge in [0.1, 0.15) is 0 Å². The van der Waals surface area contributed by atoms with Gasteiger partial charge in [0.05, 0.1) is 17.1 Å². The van der Waals surface area contributed by atoms with Crippen LogP contribution >= 0.6 is 0 Å². The van der Waals surface area contributed by atoms with Crippen LogP contribution in [0.1, 0.15) is 17.0 Å². The van der Waals surface area contributed by atoms with Crippen LogP contribution in [0.25, 0.3) is 0 Å². The van der Waals surface area contributed by atoms with Gasteiger partial charge in [0.25, 0.3) is 0 Å². The van der Waals surface area contributed by atoms with Crippen molar-refractivity contribution in [1.82, 2.24) is 20.3 Å². The molecule has 0 radical (unpaired) electrons. The Hall–Kier alpha value is -2.06. The van der Waals surface area contributed by atoms with Crippen molar-refractivity contribution in [3.63, 3.8) is 0 Å². The van der Waals surface area contributed by atoms with Gasteiger partial charge in [0.15, 0.2) is 9.84 Å². The van der Waals surface area contributed by atoms with Crippen molar-refractivity contribution in [2.24, 2.45) is 0 Å². The van der Waals surface area contributed by atoms with Crippen LogP contribution in [-0.2, 0) is 28.6 Å². The van der Waals surface area contributed by atoms with Crippen LogP contribution in [0.15, 0.2) is 24.5 Å². The first kappa shape index (κ1) is 14.9. The van der Waals surface area contributed by atoms with Gasteiger partial charge in [-0.2, -0.15) is 0 Å². The summed E-state index contributed by atoms with van der Waals surface area (Å²) in [6, 6.07) is 3.45. The second-order valence-corrected chi connectivity index (χ2v) is 7.46. The molecule has 0 spiro atoms. The molecule has 0 atom stereocenters. The van der Waals surface area contributed by atoms with E-state index in [0.717, 1.165) is 36.5 Å². The maximum absolute atomic E-state index is 11.3. The number of fused-ring (bicyclic) bond motifs is 1. The van der Waals surface area contributed by atoms with Crippen LogP contribution in [0.5, 0.6) is 0 Å². The van der Waals surface area contributed by atoms with Crippen molar-refractivity contribution >= 4 is 21.5 Å². The van der Waals surface area contributed by atoms with Crippen LogP contribution in [0, 0.1) is 0 Å². The molecule has 0 aromatic carbocycles. The number of hydrogen-bond donors (Lipinski definition) is 2. The highest BCUT2D eigenvalue weighted by Gasteiger charge is 2.12. The normalized spacial score (nSPS) is 14.4. The van der Waals surface area contributed by atoms with Crippen LogP contribution in [-0.4, -0.2) is 36.2 Å². The Bertz CT molecular complexity index is 792. The molecule has 0 bridgehead atoms. The van der Waals surface area contributed by atoms with Gasteiger partial charge in [-0.05, 0) is 30.7 Å². The Morgan fingerprint density at radius 3 is 3.05 bits per heavy atom. The fourth-order valence-corrected chi connectivity index (χ4v) is 3.02. The Labute approximate surface area is 129 Å². The summed E-state index contributed by atoms with van der Waals surface area (Å²) in [6.45, 7) is 1.69. The summed E-state index contributed by atoms with van der Waals surface area (Å²) in [5.74, 6) is 0.413. The Morgan fingerprint density at radius 2 is 2.23 bits per heavy atom. The molecule has 0 fully saturated rings. The molecule has 2 aromatic heterocycles. The summed E-state index contributed by atoms with van der Waals surface area (Å²) < 4.78 is 22.7. The van der Waals surface area contributed by atoms with Gasteiger partial charge in [-0.3, -0.25) is 4.98 Å². The molecule has 2 N–H and O–H groups in total. The van der Waals surface area contributed by atoms with Gasteiger partial charge in [0, 0.05) is 30.9 Å². The first-order chi connectivity index (χ1) is 10.5. The molecular formula is C14H17N5O2S. The number of nitrogens with zero attached hydrogens (tertiary/aromatic N) is 3. The Morgan fingerprint density at radius 1 is 1.36 bits per heavy atom. The van der Waals surface area contributed by atoms with Crippen molar-refractivity contribution in [2.45, 2.75) is 18.7 Å². The lowest BCUT2D eigenvalue weighted by Crippen LogP contribution is -2.25. The van der Waals surface area contributed by atoms with E-state index in [2.05, 4.69) is 25.6 Å². The van der Waals surface area contributed by atoms with Crippen molar-refractivity contribution in [1.29, 1.82) is 0 Å². The number of rotatable bonds is 4. The van der Waals surface area contributed by atoms with E-state index in [9.17, 15) is 8.42 Å². The molecule has 3 rings (SSSR count). The van der Waals surface area contributed by atoms with E-state index in [1.165, 1.54) is 6.26 Å². The highest BCUT2D eigenvalue weighted by molar-refractivity contribution is 7.89. The molecule has 0 amide bonds. The summed E-state index contributed by atoms with van der Waals surface area (Å²) in [7, 11) is -3.11. The average molecular weight is 319 g/mol. The molecule has 0 saturated carbocycles. The molecule has 116 valence electrons. The highest BCUT2D eigenvalue weighted by atomic mass is 32.2. The molecule has 0 saturated heterocycles. The van der Waals surface area contributed by atoms with Gasteiger partial charge >= 0.3 is 0 Å². The fraction of sp³-hybridized carbons (Fsp3) is 0.357. The molecule has 0 unspecified atom stereocenters. The summed E-state index contributed by atoms with van der Waals surface area (Å²) in [5.41, 5.74) is 3.37. The third kappa shape index (κ3) is 3.77. The summed E-state index contributed by atoms with van der Waals surface area (Å²) in [4.78, 5) is 12.9. The van der Waals surface area contributed by atoms with Gasteiger partial charge in [-0.1, -0.05) is 0 Å². The first-order valence-corrected chi connectivity index (χ1v) is 9.01. The van der Waals surface area contributed by atoms with Crippen molar-refractivity contribution in [3.05, 3.63) is 41.5 Å². The Balaban J connectivity index is 1.79. The minimum Gasteiger partial charge on any atom is -0.324 e. The topological polar surface area (TPSA) is 96.9 Å². The molecule has 1 aliphatic heterocycles. The van der Waals surface area contributed by atoms with Gasteiger partial charge in [-0.25, -0.2) is 18.4 Å². The zero-order valence-electron chi connectivity index (χ0n) is 12.2. The molecule has 2 aromatic rings. The molecular weight excluding hydrogens is 302 g/mol. The summed E-state index contributed by atoms with van der Waals surface area (Å²) >= 11 is 0. The zero-order valence-corrected chi connectivity index (χ0v) is 13.0. The van der Waals surface area contributed by atoms with Gasteiger partial charge in [-0.15, -0.1) is 0 Å². The monoisotopic (exact) mass is 319 g/mol. The van der Waals surface area contributed by atoms with Crippen LogP contribution < -0.4 is 10.6 Å². The molecule has 8 heteroatoms. The minimum atomic E-state index is -3.11. The summed E-state index contributed by atoms with van der Waals surface area (Å²) in [6.07, 6.45) is 5.53. The number of aromatic nitrogens is 3. The average Bonchev–Trinajstić information content (AvgIpc) is 2.46. The molecule has 22 heavy (non-hydrogen) atoms. The number of sulfone groups is 1. The van der Waals surface area contributed by atoms with E-state index in [1.54, 1.807) is 18.3 Å². The smallest absolute Gasteiger partial charge is 0.227 e. The van der Waals surface area contributed by atoms with Crippen molar-refractivity contribution < 1.29 is 8.42 Å². The largest absolute Gasteiger partial charge is 0.324 e. The second-order valence-electron chi connectivity index (χ2n) is 5.32. The molecule has 7 nitrogen and oxygen atoms in total. The quantitative estimate of drug-likeness (QED) is 0.860.